The summed E-state index contributed by atoms with van der Waals surface area (Å²) in [7, 11) is 0. The van der Waals surface area contributed by atoms with E-state index in [-0.39, 0.29) is 10.9 Å². The van der Waals surface area contributed by atoms with Crippen molar-refractivity contribution in [2.75, 3.05) is 31.1 Å². The number of nitrogens with one attached hydrogen (secondary N) is 1. The van der Waals surface area contributed by atoms with Gasteiger partial charge in [0.15, 0.2) is 5.11 Å². The Morgan fingerprint density at radius 1 is 1.25 bits per heavy atom. The quantitative estimate of drug-likeness (QED) is 0.495. The van der Waals surface area contributed by atoms with E-state index in [1.165, 1.54) is 38.0 Å². The number of hydrazone groups is 1. The third-order valence-electron chi connectivity index (χ3n) is 4.86. The number of rotatable bonds is 4. The van der Waals surface area contributed by atoms with Crippen LogP contribution in [0.5, 0.6) is 0 Å². The van der Waals surface area contributed by atoms with Gasteiger partial charge in [-0.3, -0.25) is 10.3 Å². The maximum Gasteiger partial charge on any atom is 0.184 e. The fraction of sp³-hybridized carbons (Fsp3) is 0.529. The lowest BCUT2D eigenvalue weighted by Gasteiger charge is -2.39. The number of piperazine rings is 1. The van der Waals surface area contributed by atoms with Crippen LogP contribution in [0.2, 0.25) is 0 Å². The Kier molecular flexibility index (Phi) is 5.63. The van der Waals surface area contributed by atoms with Gasteiger partial charge in [0.25, 0.3) is 0 Å². The molecule has 1 saturated carbocycles. The maximum absolute atomic E-state index is 14.4. The fourth-order valence-corrected chi connectivity index (χ4v) is 3.68. The van der Waals surface area contributed by atoms with Gasteiger partial charge in [-0.1, -0.05) is 18.9 Å². The average Bonchev–Trinajstić information content (AvgIpc) is 3.09. The van der Waals surface area contributed by atoms with E-state index in [1.54, 1.807) is 0 Å². The lowest BCUT2D eigenvalue weighted by molar-refractivity contribution is 0.187. The van der Waals surface area contributed by atoms with Gasteiger partial charge < -0.3 is 10.6 Å². The first kappa shape index (κ1) is 17.1. The Morgan fingerprint density at radius 3 is 2.58 bits per heavy atom. The summed E-state index contributed by atoms with van der Waals surface area (Å²) in [4.78, 5) is 4.71. The van der Waals surface area contributed by atoms with Crippen LogP contribution in [-0.2, 0) is 0 Å². The first-order valence-electron chi connectivity index (χ1n) is 8.50. The number of halogens is 1. The van der Waals surface area contributed by atoms with E-state index in [9.17, 15) is 4.39 Å². The van der Waals surface area contributed by atoms with E-state index in [1.807, 2.05) is 12.1 Å². The van der Waals surface area contributed by atoms with Crippen molar-refractivity contribution in [3.63, 3.8) is 0 Å². The highest BCUT2D eigenvalue weighted by atomic mass is 32.1. The van der Waals surface area contributed by atoms with Gasteiger partial charge in [0.2, 0.25) is 0 Å². The van der Waals surface area contributed by atoms with E-state index in [2.05, 4.69) is 32.5 Å². The number of anilines is 1. The molecule has 0 amide bonds. The standard InChI is InChI=1S/C17H24FN5S/c18-15-11-13(12-20-21-17(19)24)5-6-16(15)23-9-7-22(8-10-23)14-3-1-2-4-14/h5-6,11-12,14H,1-4,7-10H2,(H3,19,21,24). The van der Waals surface area contributed by atoms with Gasteiger partial charge in [-0.15, -0.1) is 0 Å². The Balaban J connectivity index is 1.59. The Morgan fingerprint density at radius 2 is 1.96 bits per heavy atom. The minimum absolute atomic E-state index is 0.0866. The van der Waals surface area contributed by atoms with Gasteiger partial charge in [0, 0.05) is 32.2 Å². The summed E-state index contributed by atoms with van der Waals surface area (Å²) in [6.45, 7) is 3.80. The van der Waals surface area contributed by atoms with Crippen LogP contribution >= 0.6 is 12.2 Å². The highest BCUT2D eigenvalue weighted by Crippen LogP contribution is 2.26. The van der Waals surface area contributed by atoms with Crippen molar-refractivity contribution in [1.29, 1.82) is 0 Å². The SMILES string of the molecule is NC(=S)NN=Cc1ccc(N2CCN(C3CCCC3)CC2)c(F)c1. The third-order valence-corrected chi connectivity index (χ3v) is 4.95. The summed E-state index contributed by atoms with van der Waals surface area (Å²) in [5.41, 5.74) is 9.09. The van der Waals surface area contributed by atoms with Crippen molar-refractivity contribution < 1.29 is 4.39 Å². The van der Waals surface area contributed by atoms with Crippen LogP contribution in [0.15, 0.2) is 23.3 Å². The molecule has 1 aromatic carbocycles. The van der Waals surface area contributed by atoms with Crippen molar-refractivity contribution in [2.45, 2.75) is 31.7 Å². The zero-order valence-electron chi connectivity index (χ0n) is 13.7. The number of benzene rings is 1. The zero-order valence-corrected chi connectivity index (χ0v) is 14.6. The molecule has 0 aromatic heterocycles. The fourth-order valence-electron chi connectivity index (χ4n) is 3.63. The summed E-state index contributed by atoms with van der Waals surface area (Å²) in [6, 6.07) is 5.91. The molecule has 130 valence electrons. The molecule has 1 aromatic rings. The van der Waals surface area contributed by atoms with Crippen LogP contribution in [0.1, 0.15) is 31.2 Å². The van der Waals surface area contributed by atoms with Crippen LogP contribution in [-0.4, -0.2) is 48.4 Å². The second kappa shape index (κ2) is 7.90. The lowest BCUT2D eigenvalue weighted by atomic mass is 10.1. The number of nitrogens with two attached hydrogens (primary N) is 1. The molecule has 0 bridgehead atoms. The number of hydrogen-bond donors (Lipinski definition) is 2. The largest absolute Gasteiger partial charge is 0.375 e. The van der Waals surface area contributed by atoms with Gasteiger partial charge in [-0.25, -0.2) is 4.39 Å². The van der Waals surface area contributed by atoms with Crippen LogP contribution in [0.25, 0.3) is 0 Å². The second-order valence-electron chi connectivity index (χ2n) is 6.41. The monoisotopic (exact) mass is 349 g/mol. The van der Waals surface area contributed by atoms with Gasteiger partial charge in [0.1, 0.15) is 5.82 Å². The summed E-state index contributed by atoms with van der Waals surface area (Å²) in [5.74, 6) is -0.219. The van der Waals surface area contributed by atoms with E-state index < -0.39 is 0 Å². The zero-order chi connectivity index (χ0) is 16.9. The van der Waals surface area contributed by atoms with Gasteiger partial charge in [-0.2, -0.15) is 5.10 Å². The molecule has 5 nitrogen and oxygen atoms in total. The molecule has 0 atom stereocenters. The van der Waals surface area contributed by atoms with Gasteiger partial charge in [0.05, 0.1) is 11.9 Å². The number of nitrogens with zero attached hydrogens (tertiary/aromatic N) is 3. The average molecular weight is 349 g/mol. The molecule has 0 radical (unpaired) electrons. The lowest BCUT2D eigenvalue weighted by Crippen LogP contribution is -2.50. The predicted molar refractivity (Wildman–Crippen MR) is 100.0 cm³/mol. The molecular formula is C17H24FN5S. The van der Waals surface area contributed by atoms with Crippen molar-refractivity contribution in [1.82, 2.24) is 10.3 Å². The smallest absolute Gasteiger partial charge is 0.184 e. The Labute approximate surface area is 147 Å². The Hall–Kier alpha value is -1.73. The van der Waals surface area contributed by atoms with E-state index >= 15 is 0 Å². The second-order valence-corrected chi connectivity index (χ2v) is 6.85. The molecule has 2 fully saturated rings. The van der Waals surface area contributed by atoms with Crippen molar-refractivity contribution >= 4 is 29.2 Å². The molecule has 2 aliphatic rings. The van der Waals surface area contributed by atoms with Crippen LogP contribution in [0.3, 0.4) is 0 Å². The minimum Gasteiger partial charge on any atom is -0.375 e. The van der Waals surface area contributed by atoms with Crippen LogP contribution < -0.4 is 16.1 Å². The molecule has 1 aliphatic heterocycles. The van der Waals surface area contributed by atoms with E-state index in [0.29, 0.717) is 11.3 Å². The molecule has 1 aliphatic carbocycles. The first-order valence-corrected chi connectivity index (χ1v) is 8.91. The molecular weight excluding hydrogens is 325 g/mol. The van der Waals surface area contributed by atoms with E-state index in [0.717, 1.165) is 32.2 Å². The first-order chi connectivity index (χ1) is 11.6. The molecule has 3 N–H and O–H groups in total. The summed E-state index contributed by atoms with van der Waals surface area (Å²) in [6.07, 6.45) is 6.86. The normalized spacial score (nSPS) is 20.0. The Bertz CT molecular complexity index is 607. The van der Waals surface area contributed by atoms with Crippen molar-refractivity contribution in [3.05, 3.63) is 29.6 Å². The highest BCUT2D eigenvalue weighted by molar-refractivity contribution is 7.80. The molecule has 1 saturated heterocycles. The molecule has 0 unspecified atom stereocenters. The number of hydrogen-bond acceptors (Lipinski definition) is 4. The van der Waals surface area contributed by atoms with E-state index in [4.69, 9.17) is 5.73 Å². The van der Waals surface area contributed by atoms with Gasteiger partial charge >= 0.3 is 0 Å². The molecule has 24 heavy (non-hydrogen) atoms. The molecule has 0 spiro atoms. The minimum atomic E-state index is -0.219. The molecule has 3 rings (SSSR count). The predicted octanol–water partition coefficient (Wildman–Crippen LogP) is 2.06. The van der Waals surface area contributed by atoms with Gasteiger partial charge in [-0.05, 0) is 42.8 Å². The topological polar surface area (TPSA) is 56.9 Å². The molecule has 1 heterocycles. The molecule has 7 heteroatoms. The highest BCUT2D eigenvalue weighted by Gasteiger charge is 2.26. The summed E-state index contributed by atoms with van der Waals surface area (Å²) in [5, 5.41) is 3.94. The van der Waals surface area contributed by atoms with Crippen LogP contribution in [0.4, 0.5) is 10.1 Å². The van der Waals surface area contributed by atoms with Crippen molar-refractivity contribution in [3.8, 4) is 0 Å². The number of thiocarbonyl (C=S) groups is 1. The van der Waals surface area contributed by atoms with Crippen molar-refractivity contribution in [2.24, 2.45) is 10.8 Å². The summed E-state index contributed by atoms with van der Waals surface area (Å²) >= 11 is 4.66. The third kappa shape index (κ3) is 4.21. The summed E-state index contributed by atoms with van der Waals surface area (Å²) < 4.78 is 14.4. The maximum atomic E-state index is 14.4. The van der Waals surface area contributed by atoms with Crippen LogP contribution in [0, 0.1) is 5.82 Å².